The summed E-state index contributed by atoms with van der Waals surface area (Å²) in [5, 5.41) is 4.25. The van der Waals surface area contributed by atoms with E-state index in [0.717, 1.165) is 12.8 Å². The maximum absolute atomic E-state index is 13.0. The molecule has 0 bridgehead atoms. The number of likely N-dealkylation sites (tertiary alicyclic amines) is 1. The van der Waals surface area contributed by atoms with E-state index >= 15 is 0 Å². The van der Waals surface area contributed by atoms with Crippen molar-refractivity contribution in [3.05, 3.63) is 65.0 Å². The average molecular weight is 384 g/mol. The molecule has 0 N–H and O–H groups in total. The van der Waals surface area contributed by atoms with Gasteiger partial charge in [-0.05, 0) is 49.2 Å². The Kier molecular flexibility index (Phi) is 5.10. The third-order valence-corrected chi connectivity index (χ3v) is 4.98. The lowest BCUT2D eigenvalue weighted by Crippen LogP contribution is -2.39. The van der Waals surface area contributed by atoms with Gasteiger partial charge in [0.1, 0.15) is 18.2 Å². The van der Waals surface area contributed by atoms with Gasteiger partial charge in [0.25, 0.3) is 0 Å². The molecule has 1 fully saturated rings. The van der Waals surface area contributed by atoms with Crippen LogP contribution in [0.5, 0.6) is 5.75 Å². The minimum Gasteiger partial charge on any atom is -0.491 e. The van der Waals surface area contributed by atoms with Crippen molar-refractivity contribution in [1.29, 1.82) is 0 Å². The molecule has 3 aromatic rings. The molecule has 0 spiro atoms. The van der Waals surface area contributed by atoms with Gasteiger partial charge < -0.3 is 9.64 Å². The molecule has 2 aromatic heterocycles. The predicted octanol–water partition coefficient (Wildman–Crippen LogP) is 2.10. The van der Waals surface area contributed by atoms with E-state index in [2.05, 4.69) is 5.10 Å². The smallest absolute Gasteiger partial charge is 0.350 e. The number of benzene rings is 1. The molecule has 1 saturated heterocycles. The summed E-state index contributed by atoms with van der Waals surface area (Å²) in [6.45, 7) is 1.28. The van der Waals surface area contributed by atoms with Crippen LogP contribution in [-0.4, -0.2) is 44.2 Å². The molecule has 28 heavy (non-hydrogen) atoms. The van der Waals surface area contributed by atoms with Gasteiger partial charge in [-0.2, -0.15) is 0 Å². The number of carbonyl (C=O) groups is 1. The van der Waals surface area contributed by atoms with Crippen molar-refractivity contribution in [3.8, 4) is 5.75 Å². The number of nitrogens with zero attached hydrogens (tertiary/aromatic N) is 4. The Morgan fingerprint density at radius 1 is 1.21 bits per heavy atom. The van der Waals surface area contributed by atoms with Crippen molar-refractivity contribution in [2.45, 2.75) is 31.8 Å². The lowest BCUT2D eigenvalue weighted by Gasteiger charge is -2.24. The van der Waals surface area contributed by atoms with Crippen molar-refractivity contribution >= 4 is 11.6 Å². The highest BCUT2D eigenvalue weighted by Gasteiger charge is 2.29. The fraction of sp³-hybridized carbons (Fsp3) is 0.350. The van der Waals surface area contributed by atoms with Gasteiger partial charge in [-0.1, -0.05) is 6.07 Å². The molecule has 1 aromatic carbocycles. The minimum absolute atomic E-state index is 0.0182. The Balaban J connectivity index is 1.35. The predicted molar refractivity (Wildman–Crippen MR) is 101 cm³/mol. The van der Waals surface area contributed by atoms with Crippen LogP contribution in [0.2, 0.25) is 0 Å². The van der Waals surface area contributed by atoms with Gasteiger partial charge in [-0.25, -0.2) is 13.9 Å². The second-order valence-electron chi connectivity index (χ2n) is 6.83. The van der Waals surface area contributed by atoms with E-state index in [-0.39, 0.29) is 36.4 Å². The molecule has 8 heteroatoms. The quantitative estimate of drug-likeness (QED) is 0.653. The van der Waals surface area contributed by atoms with E-state index < -0.39 is 0 Å². The largest absolute Gasteiger partial charge is 0.491 e. The van der Waals surface area contributed by atoms with Crippen LogP contribution in [0, 0.1) is 5.82 Å². The van der Waals surface area contributed by atoms with Crippen LogP contribution >= 0.6 is 0 Å². The number of pyridine rings is 1. The van der Waals surface area contributed by atoms with E-state index in [1.165, 1.54) is 21.2 Å². The maximum atomic E-state index is 13.0. The van der Waals surface area contributed by atoms with Gasteiger partial charge >= 0.3 is 5.69 Å². The number of carbonyl (C=O) groups excluding carboxylic acids is 1. The molecule has 1 aliphatic heterocycles. The fourth-order valence-corrected chi connectivity index (χ4v) is 3.52. The molecule has 0 saturated carbocycles. The van der Waals surface area contributed by atoms with Crippen LogP contribution in [-0.2, 0) is 11.3 Å². The van der Waals surface area contributed by atoms with Crippen LogP contribution in [0.1, 0.15) is 19.3 Å². The van der Waals surface area contributed by atoms with Crippen LogP contribution in [0.3, 0.4) is 0 Å². The monoisotopic (exact) mass is 384 g/mol. The van der Waals surface area contributed by atoms with Gasteiger partial charge in [0.05, 0.1) is 12.6 Å². The Morgan fingerprint density at radius 3 is 2.82 bits per heavy atom. The Labute approximate surface area is 161 Å². The first-order valence-electron chi connectivity index (χ1n) is 9.34. The molecule has 4 rings (SSSR count). The molecule has 3 heterocycles. The van der Waals surface area contributed by atoms with Crippen LogP contribution in [0.25, 0.3) is 5.65 Å². The van der Waals surface area contributed by atoms with E-state index in [0.29, 0.717) is 24.5 Å². The first-order valence-corrected chi connectivity index (χ1v) is 9.34. The SMILES string of the molecule is O=C(CCn1nc2ccccn2c1=O)N1CCCC1COc1ccc(F)cc1. The third kappa shape index (κ3) is 3.76. The highest BCUT2D eigenvalue weighted by atomic mass is 19.1. The highest BCUT2D eigenvalue weighted by Crippen LogP contribution is 2.20. The normalized spacial score (nSPS) is 16.6. The van der Waals surface area contributed by atoms with Crippen LogP contribution in [0.4, 0.5) is 4.39 Å². The van der Waals surface area contributed by atoms with Crippen molar-refractivity contribution in [1.82, 2.24) is 19.1 Å². The second kappa shape index (κ2) is 7.84. The number of hydrogen-bond acceptors (Lipinski definition) is 4. The number of rotatable bonds is 6. The number of halogens is 1. The molecular formula is C20H21FN4O3. The summed E-state index contributed by atoms with van der Waals surface area (Å²) in [6, 6.07) is 11.2. The summed E-state index contributed by atoms with van der Waals surface area (Å²) in [6.07, 6.45) is 3.64. The van der Waals surface area contributed by atoms with Gasteiger partial charge in [-0.3, -0.25) is 9.20 Å². The summed E-state index contributed by atoms with van der Waals surface area (Å²) in [5.74, 6) is 0.248. The number of hydrogen-bond donors (Lipinski definition) is 0. The van der Waals surface area contributed by atoms with Gasteiger partial charge in [-0.15, -0.1) is 5.10 Å². The molecule has 0 radical (unpaired) electrons. The summed E-state index contributed by atoms with van der Waals surface area (Å²) in [4.78, 5) is 26.8. The summed E-state index contributed by atoms with van der Waals surface area (Å²) < 4.78 is 21.5. The van der Waals surface area contributed by atoms with Crippen molar-refractivity contribution in [3.63, 3.8) is 0 Å². The number of aromatic nitrogens is 3. The first-order chi connectivity index (χ1) is 13.6. The number of ether oxygens (including phenoxy) is 1. The highest BCUT2D eigenvalue weighted by molar-refractivity contribution is 5.76. The molecule has 1 unspecified atom stereocenters. The molecule has 1 amide bonds. The van der Waals surface area contributed by atoms with Crippen molar-refractivity contribution in [2.75, 3.05) is 13.2 Å². The number of aryl methyl sites for hydroxylation is 1. The second-order valence-corrected chi connectivity index (χ2v) is 6.83. The van der Waals surface area contributed by atoms with E-state index in [9.17, 15) is 14.0 Å². The topological polar surface area (TPSA) is 68.8 Å². The molecule has 1 aliphatic rings. The van der Waals surface area contributed by atoms with Crippen LogP contribution < -0.4 is 10.4 Å². The zero-order valence-corrected chi connectivity index (χ0v) is 15.3. The molecule has 146 valence electrons. The summed E-state index contributed by atoms with van der Waals surface area (Å²) in [5.41, 5.74) is 0.313. The minimum atomic E-state index is -0.313. The molecule has 0 aliphatic carbocycles. The lowest BCUT2D eigenvalue weighted by atomic mass is 10.2. The van der Waals surface area contributed by atoms with E-state index in [4.69, 9.17) is 4.74 Å². The first kappa shape index (κ1) is 18.2. The zero-order valence-electron chi connectivity index (χ0n) is 15.3. The molecule has 7 nitrogen and oxygen atoms in total. The molecule has 1 atom stereocenters. The van der Waals surface area contributed by atoms with Crippen LogP contribution in [0.15, 0.2) is 53.5 Å². The lowest BCUT2D eigenvalue weighted by molar-refractivity contribution is -0.132. The molecular weight excluding hydrogens is 363 g/mol. The van der Waals surface area contributed by atoms with E-state index in [1.807, 2.05) is 11.0 Å². The number of amides is 1. The van der Waals surface area contributed by atoms with E-state index in [1.54, 1.807) is 30.5 Å². The van der Waals surface area contributed by atoms with Crippen molar-refractivity contribution in [2.24, 2.45) is 0 Å². The fourth-order valence-electron chi connectivity index (χ4n) is 3.52. The van der Waals surface area contributed by atoms with Gasteiger partial charge in [0.15, 0.2) is 5.65 Å². The maximum Gasteiger partial charge on any atom is 0.350 e. The Hall–Kier alpha value is -3.16. The van der Waals surface area contributed by atoms with Gasteiger partial charge in [0, 0.05) is 19.2 Å². The Bertz CT molecular complexity index is 1030. The Morgan fingerprint density at radius 2 is 2.04 bits per heavy atom. The summed E-state index contributed by atoms with van der Waals surface area (Å²) in [7, 11) is 0. The third-order valence-electron chi connectivity index (χ3n) is 4.98. The zero-order chi connectivity index (χ0) is 19.5. The average Bonchev–Trinajstić information content (AvgIpc) is 3.31. The number of fused-ring (bicyclic) bond motifs is 1. The van der Waals surface area contributed by atoms with Crippen molar-refractivity contribution < 1.29 is 13.9 Å². The standard InChI is InChI=1S/C20H21FN4O3/c21-15-6-8-17(9-7-15)28-14-16-4-3-12-23(16)19(26)10-13-25-20(27)24-11-2-1-5-18(24)22-25/h1-2,5-9,11,16H,3-4,10,12-14H2. The summed E-state index contributed by atoms with van der Waals surface area (Å²) >= 11 is 0. The van der Waals surface area contributed by atoms with Gasteiger partial charge in [0.2, 0.25) is 5.91 Å².